The molecule has 2 aromatic rings. The zero-order chi connectivity index (χ0) is 19.7. The zero-order valence-electron chi connectivity index (χ0n) is 17.1. The summed E-state index contributed by atoms with van der Waals surface area (Å²) in [5.74, 6) is 1.86. The molecule has 5 atom stereocenters. The number of para-hydroxylation sites is 1. The molecule has 1 aliphatic heterocycles. The van der Waals surface area contributed by atoms with Gasteiger partial charge in [0.15, 0.2) is 6.10 Å². The van der Waals surface area contributed by atoms with E-state index in [4.69, 9.17) is 4.74 Å². The molecule has 4 rings (SSSR count). The first-order chi connectivity index (χ1) is 13.6. The maximum Gasteiger partial charge on any atom is 0.259 e. The molecule has 1 saturated carbocycles. The van der Waals surface area contributed by atoms with Crippen molar-refractivity contribution in [1.29, 1.82) is 0 Å². The second-order valence-electron chi connectivity index (χ2n) is 8.82. The molecule has 0 spiro atoms. The van der Waals surface area contributed by atoms with Crippen molar-refractivity contribution in [1.82, 2.24) is 0 Å². The minimum absolute atomic E-state index is 0.0545. The molecule has 0 radical (unpaired) electrons. The van der Waals surface area contributed by atoms with Crippen molar-refractivity contribution in [2.75, 3.05) is 4.90 Å². The fourth-order valence-electron chi connectivity index (χ4n) is 4.91. The molecular weight excluding hydrogens is 346 g/mol. The van der Waals surface area contributed by atoms with Crippen molar-refractivity contribution in [3.63, 3.8) is 0 Å². The van der Waals surface area contributed by atoms with E-state index in [0.717, 1.165) is 17.7 Å². The van der Waals surface area contributed by atoms with Gasteiger partial charge in [-0.15, -0.1) is 0 Å². The summed E-state index contributed by atoms with van der Waals surface area (Å²) in [6.07, 6.45) is 3.29. The smallest absolute Gasteiger partial charge is 0.259 e. The Morgan fingerprint density at radius 2 is 1.61 bits per heavy atom. The summed E-state index contributed by atoms with van der Waals surface area (Å²) >= 11 is 0. The summed E-state index contributed by atoms with van der Waals surface area (Å²) in [5, 5.41) is 0. The van der Waals surface area contributed by atoms with Gasteiger partial charge in [-0.25, -0.2) is 0 Å². The van der Waals surface area contributed by atoms with E-state index < -0.39 is 0 Å². The molecule has 3 heteroatoms. The number of β-lactam (4-membered cyclic amide) rings is 1. The quantitative estimate of drug-likeness (QED) is 0.633. The Morgan fingerprint density at radius 3 is 2.25 bits per heavy atom. The summed E-state index contributed by atoms with van der Waals surface area (Å²) in [6, 6.07) is 20.2. The average molecular weight is 378 g/mol. The number of ether oxygens (including phenoxy) is 1. The van der Waals surface area contributed by atoms with E-state index in [1.165, 1.54) is 12.8 Å². The number of hydrogen-bond acceptors (Lipinski definition) is 2. The van der Waals surface area contributed by atoms with Crippen LogP contribution in [0, 0.1) is 17.8 Å². The van der Waals surface area contributed by atoms with Gasteiger partial charge >= 0.3 is 0 Å². The first kappa shape index (κ1) is 19.2. The third-order valence-electron chi connectivity index (χ3n) is 6.50. The van der Waals surface area contributed by atoms with E-state index in [2.05, 4.69) is 32.9 Å². The van der Waals surface area contributed by atoms with Gasteiger partial charge in [-0.1, -0.05) is 75.7 Å². The molecule has 0 aromatic heterocycles. The second-order valence-corrected chi connectivity index (χ2v) is 8.82. The van der Waals surface area contributed by atoms with Crippen molar-refractivity contribution in [3.05, 3.63) is 66.2 Å². The lowest BCUT2D eigenvalue weighted by atomic mass is 9.75. The van der Waals surface area contributed by atoms with Gasteiger partial charge in [0, 0.05) is 5.69 Å². The number of benzene rings is 2. The summed E-state index contributed by atoms with van der Waals surface area (Å²) < 4.78 is 6.61. The molecular formula is C25H31NO2. The van der Waals surface area contributed by atoms with Crippen LogP contribution in [0.4, 0.5) is 5.69 Å². The highest BCUT2D eigenvalue weighted by atomic mass is 16.5. The van der Waals surface area contributed by atoms with Crippen molar-refractivity contribution in [2.24, 2.45) is 17.8 Å². The predicted molar refractivity (Wildman–Crippen MR) is 113 cm³/mol. The normalized spacial score (nSPS) is 30.4. The Labute approximate surface area is 168 Å². The van der Waals surface area contributed by atoms with Crippen LogP contribution in [-0.4, -0.2) is 18.1 Å². The summed E-state index contributed by atoms with van der Waals surface area (Å²) in [6.45, 7) is 6.87. The third kappa shape index (κ3) is 3.60. The summed E-state index contributed by atoms with van der Waals surface area (Å²) in [5.41, 5.74) is 2.08. The van der Waals surface area contributed by atoms with Gasteiger partial charge in [-0.2, -0.15) is 0 Å². The lowest BCUT2D eigenvalue weighted by molar-refractivity contribution is -0.157. The number of carbonyl (C=O) groups is 1. The van der Waals surface area contributed by atoms with Crippen LogP contribution in [0.5, 0.6) is 0 Å². The fourth-order valence-corrected chi connectivity index (χ4v) is 4.91. The largest absolute Gasteiger partial charge is 0.362 e. The van der Waals surface area contributed by atoms with Crippen LogP contribution in [0.3, 0.4) is 0 Å². The van der Waals surface area contributed by atoms with E-state index in [0.29, 0.717) is 17.8 Å². The van der Waals surface area contributed by atoms with Crippen LogP contribution in [-0.2, 0) is 9.53 Å². The third-order valence-corrected chi connectivity index (χ3v) is 6.50. The summed E-state index contributed by atoms with van der Waals surface area (Å²) in [4.78, 5) is 15.1. The minimum atomic E-state index is -0.390. The number of nitrogens with zero attached hydrogens (tertiary/aromatic N) is 1. The van der Waals surface area contributed by atoms with Gasteiger partial charge in [-0.05, 0) is 48.3 Å². The van der Waals surface area contributed by atoms with E-state index in [1.807, 2.05) is 53.4 Å². The molecule has 2 fully saturated rings. The number of amides is 1. The van der Waals surface area contributed by atoms with Gasteiger partial charge in [0.05, 0.1) is 12.1 Å². The highest BCUT2D eigenvalue weighted by Gasteiger charge is 2.51. The molecule has 2 aromatic carbocycles. The lowest BCUT2D eigenvalue weighted by Crippen LogP contribution is -2.61. The molecule has 148 valence electrons. The Kier molecular flexibility index (Phi) is 5.54. The average Bonchev–Trinajstić information content (AvgIpc) is 2.71. The van der Waals surface area contributed by atoms with Crippen LogP contribution in [0.2, 0.25) is 0 Å². The second kappa shape index (κ2) is 8.08. The van der Waals surface area contributed by atoms with Crippen LogP contribution in [0.1, 0.15) is 51.6 Å². The standard InChI is InChI=1S/C25H31NO2/c1-17(2)21-15-14-18(3)16-22(21)28-24-23(19-10-6-4-7-11-19)26(25(24)27)20-12-8-5-9-13-20/h4-13,17-18,21-24H,14-16H2,1-3H3. The molecule has 5 unspecified atom stereocenters. The van der Waals surface area contributed by atoms with Crippen LogP contribution < -0.4 is 4.90 Å². The topological polar surface area (TPSA) is 29.5 Å². The van der Waals surface area contributed by atoms with Crippen molar-refractivity contribution >= 4 is 11.6 Å². The highest BCUT2D eigenvalue weighted by Crippen LogP contribution is 2.44. The van der Waals surface area contributed by atoms with Crippen LogP contribution in [0.15, 0.2) is 60.7 Å². The number of anilines is 1. The first-order valence-corrected chi connectivity index (χ1v) is 10.6. The fraction of sp³-hybridized carbons (Fsp3) is 0.480. The molecule has 28 heavy (non-hydrogen) atoms. The predicted octanol–water partition coefficient (Wildman–Crippen LogP) is 5.62. The SMILES string of the molecule is CC1CCC(C(C)C)C(OC2C(=O)N(c3ccccc3)C2c2ccccc2)C1. The van der Waals surface area contributed by atoms with Crippen molar-refractivity contribution < 1.29 is 9.53 Å². The Morgan fingerprint density at radius 1 is 0.964 bits per heavy atom. The lowest BCUT2D eigenvalue weighted by Gasteiger charge is -2.49. The molecule has 0 bridgehead atoms. The molecule has 1 amide bonds. The van der Waals surface area contributed by atoms with Crippen molar-refractivity contribution in [3.8, 4) is 0 Å². The van der Waals surface area contributed by atoms with Gasteiger partial charge in [0.1, 0.15) is 0 Å². The van der Waals surface area contributed by atoms with Gasteiger partial charge in [-0.3, -0.25) is 9.69 Å². The van der Waals surface area contributed by atoms with E-state index in [1.54, 1.807) is 0 Å². The number of hydrogen-bond donors (Lipinski definition) is 0. The Balaban J connectivity index is 1.61. The molecule has 2 aliphatic rings. The van der Waals surface area contributed by atoms with Gasteiger partial charge < -0.3 is 4.74 Å². The monoisotopic (exact) mass is 377 g/mol. The van der Waals surface area contributed by atoms with Crippen LogP contribution >= 0.6 is 0 Å². The van der Waals surface area contributed by atoms with E-state index in [-0.39, 0.29) is 24.2 Å². The van der Waals surface area contributed by atoms with Crippen molar-refractivity contribution in [2.45, 2.75) is 58.3 Å². The van der Waals surface area contributed by atoms with Gasteiger partial charge in [0.2, 0.25) is 0 Å². The molecule has 0 N–H and O–H groups in total. The maximum atomic E-state index is 13.2. The molecule has 1 heterocycles. The summed E-state index contributed by atoms with van der Waals surface area (Å²) in [7, 11) is 0. The maximum absolute atomic E-state index is 13.2. The zero-order valence-corrected chi connectivity index (χ0v) is 17.1. The minimum Gasteiger partial charge on any atom is -0.362 e. The highest BCUT2D eigenvalue weighted by molar-refractivity contribution is 6.05. The number of carbonyl (C=O) groups excluding carboxylic acids is 1. The number of rotatable bonds is 5. The molecule has 1 aliphatic carbocycles. The molecule has 1 saturated heterocycles. The first-order valence-electron chi connectivity index (χ1n) is 10.6. The Hall–Kier alpha value is -2.13. The van der Waals surface area contributed by atoms with Gasteiger partial charge in [0.25, 0.3) is 5.91 Å². The van der Waals surface area contributed by atoms with E-state index >= 15 is 0 Å². The van der Waals surface area contributed by atoms with E-state index in [9.17, 15) is 4.79 Å². The molecule has 3 nitrogen and oxygen atoms in total. The van der Waals surface area contributed by atoms with Crippen LogP contribution in [0.25, 0.3) is 0 Å². The Bertz CT molecular complexity index is 789.